The van der Waals surface area contributed by atoms with Gasteiger partial charge in [0, 0.05) is 0 Å². The molecule has 0 heterocycles. The van der Waals surface area contributed by atoms with Crippen molar-refractivity contribution in [3.63, 3.8) is 0 Å². The number of ether oxygens (including phenoxy) is 1. The Kier molecular flexibility index (Phi) is 3.95. The second-order valence-electron chi connectivity index (χ2n) is 4.54. The molecule has 0 radical (unpaired) electrons. The Labute approximate surface area is 111 Å². The Morgan fingerprint density at radius 2 is 1.68 bits per heavy atom. The van der Waals surface area contributed by atoms with Gasteiger partial charge in [-0.15, -0.1) is 0 Å². The second kappa shape index (κ2) is 5.65. The van der Waals surface area contributed by atoms with E-state index in [1.165, 1.54) is 12.1 Å². The van der Waals surface area contributed by atoms with Crippen LogP contribution in [0.15, 0.2) is 42.5 Å². The van der Waals surface area contributed by atoms with Crippen molar-refractivity contribution in [3.8, 4) is 16.9 Å². The number of rotatable bonds is 4. The molecule has 0 aliphatic rings. The molecule has 0 bridgehead atoms. The van der Waals surface area contributed by atoms with Crippen LogP contribution in [0.2, 0.25) is 0 Å². The maximum atomic E-state index is 12.9. The van der Waals surface area contributed by atoms with Gasteiger partial charge in [0.2, 0.25) is 0 Å². The highest BCUT2D eigenvalue weighted by Crippen LogP contribution is 2.27. The Hall–Kier alpha value is -2.16. The normalized spacial score (nSPS) is 10.5. The number of halogens is 1. The molecule has 2 rings (SSSR count). The van der Waals surface area contributed by atoms with E-state index < -0.39 is 0 Å². The maximum Gasteiger partial charge on any atom is 0.153 e. The zero-order chi connectivity index (χ0) is 13.8. The van der Waals surface area contributed by atoms with Gasteiger partial charge in [0.15, 0.2) is 6.29 Å². The molecule has 0 amide bonds. The molecule has 0 aliphatic carbocycles. The van der Waals surface area contributed by atoms with Gasteiger partial charge in [0.05, 0.1) is 11.7 Å². The maximum absolute atomic E-state index is 12.9. The van der Waals surface area contributed by atoms with Crippen molar-refractivity contribution in [2.45, 2.75) is 20.0 Å². The summed E-state index contributed by atoms with van der Waals surface area (Å²) in [4.78, 5) is 11.0. The number of hydrogen-bond donors (Lipinski definition) is 0. The second-order valence-corrected chi connectivity index (χ2v) is 4.54. The molecule has 0 unspecified atom stereocenters. The Bertz CT molecular complexity index is 574. The predicted octanol–water partition coefficient (Wildman–Crippen LogP) is 4.09. The highest BCUT2D eigenvalue weighted by Gasteiger charge is 2.08. The predicted molar refractivity (Wildman–Crippen MR) is 73.0 cm³/mol. The van der Waals surface area contributed by atoms with Gasteiger partial charge in [-0.3, -0.25) is 4.79 Å². The SMILES string of the molecule is CC(C)Oc1cc(-c2ccc(F)cc2)ccc1C=O. The van der Waals surface area contributed by atoms with Crippen molar-refractivity contribution in [1.82, 2.24) is 0 Å². The van der Waals surface area contributed by atoms with Crippen molar-refractivity contribution in [1.29, 1.82) is 0 Å². The van der Waals surface area contributed by atoms with Crippen molar-refractivity contribution in [2.75, 3.05) is 0 Å². The lowest BCUT2D eigenvalue weighted by molar-refractivity contribution is 0.111. The van der Waals surface area contributed by atoms with E-state index in [1.54, 1.807) is 24.3 Å². The molecule has 19 heavy (non-hydrogen) atoms. The molecule has 0 fully saturated rings. The largest absolute Gasteiger partial charge is 0.490 e. The lowest BCUT2D eigenvalue weighted by Gasteiger charge is -2.13. The molecular formula is C16H15FO2. The van der Waals surface area contributed by atoms with Crippen molar-refractivity contribution in [2.24, 2.45) is 0 Å². The highest BCUT2D eigenvalue weighted by molar-refractivity contribution is 5.81. The molecule has 0 saturated carbocycles. The lowest BCUT2D eigenvalue weighted by Crippen LogP contribution is -2.07. The molecule has 2 aromatic rings. The van der Waals surface area contributed by atoms with E-state index >= 15 is 0 Å². The average molecular weight is 258 g/mol. The summed E-state index contributed by atoms with van der Waals surface area (Å²) in [5.74, 6) is 0.277. The summed E-state index contributed by atoms with van der Waals surface area (Å²) in [6.07, 6.45) is 0.758. The first kappa shape index (κ1) is 13.3. The highest BCUT2D eigenvalue weighted by atomic mass is 19.1. The molecule has 0 aliphatic heterocycles. The van der Waals surface area contributed by atoms with Crippen molar-refractivity contribution >= 4 is 6.29 Å². The molecule has 2 nitrogen and oxygen atoms in total. The van der Waals surface area contributed by atoms with Crippen LogP contribution in [0.25, 0.3) is 11.1 Å². The van der Waals surface area contributed by atoms with Gasteiger partial charge < -0.3 is 4.74 Å². The first-order valence-electron chi connectivity index (χ1n) is 6.12. The van der Waals surface area contributed by atoms with Gasteiger partial charge >= 0.3 is 0 Å². The summed E-state index contributed by atoms with van der Waals surface area (Å²) in [5.41, 5.74) is 2.29. The molecule has 2 aromatic carbocycles. The van der Waals surface area contributed by atoms with E-state index in [1.807, 2.05) is 19.9 Å². The summed E-state index contributed by atoms with van der Waals surface area (Å²) < 4.78 is 18.5. The average Bonchev–Trinajstić information content (AvgIpc) is 2.39. The van der Waals surface area contributed by atoms with Crippen LogP contribution in [0.4, 0.5) is 4.39 Å². The van der Waals surface area contributed by atoms with E-state index in [0.29, 0.717) is 11.3 Å². The zero-order valence-electron chi connectivity index (χ0n) is 10.9. The van der Waals surface area contributed by atoms with Gasteiger partial charge in [0.1, 0.15) is 11.6 Å². The first-order chi connectivity index (χ1) is 9.10. The van der Waals surface area contributed by atoms with Gasteiger partial charge in [-0.25, -0.2) is 4.39 Å². The van der Waals surface area contributed by atoms with Crippen molar-refractivity contribution < 1.29 is 13.9 Å². The van der Waals surface area contributed by atoms with Crippen LogP contribution in [0.5, 0.6) is 5.75 Å². The van der Waals surface area contributed by atoms with Crippen LogP contribution in [0.1, 0.15) is 24.2 Å². The van der Waals surface area contributed by atoms with Gasteiger partial charge in [-0.2, -0.15) is 0 Å². The zero-order valence-corrected chi connectivity index (χ0v) is 10.9. The topological polar surface area (TPSA) is 26.3 Å². The van der Waals surface area contributed by atoms with Crippen LogP contribution in [0.3, 0.4) is 0 Å². The molecule has 0 aromatic heterocycles. The molecular weight excluding hydrogens is 243 g/mol. The standard InChI is InChI=1S/C16H15FO2/c1-11(2)19-16-9-13(3-4-14(16)10-18)12-5-7-15(17)8-6-12/h3-11H,1-2H3. The van der Waals surface area contributed by atoms with E-state index in [2.05, 4.69) is 0 Å². The van der Waals surface area contributed by atoms with Crippen LogP contribution in [-0.2, 0) is 0 Å². The molecule has 98 valence electrons. The van der Waals surface area contributed by atoms with Gasteiger partial charge in [-0.1, -0.05) is 18.2 Å². The summed E-state index contributed by atoms with van der Waals surface area (Å²) in [6, 6.07) is 11.6. The molecule has 0 saturated heterocycles. The van der Waals surface area contributed by atoms with Gasteiger partial charge in [-0.05, 0) is 49.2 Å². The van der Waals surface area contributed by atoms with Crippen LogP contribution < -0.4 is 4.74 Å². The monoisotopic (exact) mass is 258 g/mol. The number of aldehydes is 1. The van der Waals surface area contributed by atoms with Crippen LogP contribution in [0, 0.1) is 5.82 Å². The minimum Gasteiger partial charge on any atom is -0.490 e. The molecule has 0 atom stereocenters. The van der Waals surface area contributed by atoms with Gasteiger partial charge in [0.25, 0.3) is 0 Å². The molecule has 0 N–H and O–H groups in total. The summed E-state index contributed by atoms with van der Waals surface area (Å²) in [7, 11) is 0. The third kappa shape index (κ3) is 3.19. The van der Waals surface area contributed by atoms with E-state index in [-0.39, 0.29) is 11.9 Å². The summed E-state index contributed by atoms with van der Waals surface area (Å²) >= 11 is 0. The number of carbonyl (C=O) groups is 1. The molecule has 3 heteroatoms. The Morgan fingerprint density at radius 3 is 2.26 bits per heavy atom. The summed E-state index contributed by atoms with van der Waals surface area (Å²) in [5, 5.41) is 0. The first-order valence-corrected chi connectivity index (χ1v) is 6.12. The Morgan fingerprint density at radius 1 is 1.05 bits per heavy atom. The Balaban J connectivity index is 2.42. The van der Waals surface area contributed by atoms with E-state index in [0.717, 1.165) is 17.4 Å². The van der Waals surface area contributed by atoms with Crippen molar-refractivity contribution in [3.05, 3.63) is 53.8 Å². The van der Waals surface area contributed by atoms with Crippen LogP contribution >= 0.6 is 0 Å². The number of carbonyl (C=O) groups excluding carboxylic acids is 1. The number of hydrogen-bond acceptors (Lipinski definition) is 2. The fourth-order valence-electron chi connectivity index (χ4n) is 1.81. The van der Waals surface area contributed by atoms with E-state index in [4.69, 9.17) is 4.74 Å². The minimum absolute atomic E-state index is 0.0119. The summed E-state index contributed by atoms with van der Waals surface area (Å²) in [6.45, 7) is 3.80. The fourth-order valence-corrected chi connectivity index (χ4v) is 1.81. The third-order valence-corrected chi connectivity index (χ3v) is 2.68. The molecule has 0 spiro atoms. The smallest absolute Gasteiger partial charge is 0.153 e. The third-order valence-electron chi connectivity index (χ3n) is 2.68. The van der Waals surface area contributed by atoms with Crippen LogP contribution in [-0.4, -0.2) is 12.4 Å². The number of benzene rings is 2. The minimum atomic E-state index is -0.271. The van der Waals surface area contributed by atoms with E-state index in [9.17, 15) is 9.18 Å². The quantitative estimate of drug-likeness (QED) is 0.772. The lowest BCUT2D eigenvalue weighted by atomic mass is 10.0. The fraction of sp³-hybridized carbons (Fsp3) is 0.188.